The van der Waals surface area contributed by atoms with Gasteiger partial charge in [-0.1, -0.05) is 133 Å². The van der Waals surface area contributed by atoms with Crippen LogP contribution in [0.5, 0.6) is 5.75 Å². The molecule has 2 aliphatic heterocycles. The Kier molecular flexibility index (Phi) is 5.94. The van der Waals surface area contributed by atoms with E-state index in [1.54, 1.807) is 0 Å². The van der Waals surface area contributed by atoms with Gasteiger partial charge in [-0.25, -0.2) is 0 Å². The van der Waals surface area contributed by atoms with Gasteiger partial charge in [0.1, 0.15) is 12.4 Å². The van der Waals surface area contributed by atoms with Crippen LogP contribution >= 0.6 is 0 Å². The van der Waals surface area contributed by atoms with Crippen molar-refractivity contribution in [3.8, 4) is 50.5 Å². The SMILES string of the molecule is C1=Cc2c3n(c4ccc(-c5ccc6c7ccc(-c8ccccc8)cc7n(-c7ccc(-c8ccccc8)cc7)c6c5)cc24)-c2cccc4c2C2=C(C=CC23C1)CO4. The van der Waals surface area contributed by atoms with Crippen molar-refractivity contribution >= 4 is 44.4 Å². The minimum Gasteiger partial charge on any atom is -0.488 e. The van der Waals surface area contributed by atoms with Crippen LogP contribution in [0.2, 0.25) is 0 Å². The van der Waals surface area contributed by atoms with Gasteiger partial charge in [-0.05, 0) is 99.5 Å². The third kappa shape index (κ3) is 3.96. The molecule has 4 heterocycles. The van der Waals surface area contributed by atoms with E-state index in [-0.39, 0.29) is 5.41 Å². The first-order chi connectivity index (χ1) is 27.7. The second-order valence-electron chi connectivity index (χ2n) is 15.7. The number of ether oxygens (including phenoxy) is 1. The maximum absolute atomic E-state index is 6.33. The zero-order chi connectivity index (χ0) is 36.5. The van der Waals surface area contributed by atoms with Crippen LogP contribution in [0.4, 0.5) is 0 Å². The zero-order valence-corrected chi connectivity index (χ0v) is 30.5. The van der Waals surface area contributed by atoms with Gasteiger partial charge in [-0.15, -0.1) is 0 Å². The van der Waals surface area contributed by atoms with E-state index >= 15 is 0 Å². The summed E-state index contributed by atoms with van der Waals surface area (Å²) >= 11 is 0. The van der Waals surface area contributed by atoms with E-state index in [9.17, 15) is 0 Å². The number of aromatic nitrogens is 2. The summed E-state index contributed by atoms with van der Waals surface area (Å²) in [5.41, 5.74) is 19.9. The first kappa shape index (κ1) is 30.3. The number of rotatable bonds is 4. The summed E-state index contributed by atoms with van der Waals surface area (Å²) in [4.78, 5) is 0. The fourth-order valence-corrected chi connectivity index (χ4v) is 10.3. The Morgan fingerprint density at radius 2 is 1.14 bits per heavy atom. The normalized spacial score (nSPS) is 17.1. The quantitative estimate of drug-likeness (QED) is 0.178. The third-order valence-electron chi connectivity index (χ3n) is 12.8. The first-order valence-electron chi connectivity index (χ1n) is 19.6. The molecule has 3 nitrogen and oxygen atoms in total. The molecule has 56 heavy (non-hydrogen) atoms. The van der Waals surface area contributed by atoms with Gasteiger partial charge in [0.25, 0.3) is 0 Å². The molecule has 2 aromatic heterocycles. The van der Waals surface area contributed by atoms with Crippen molar-refractivity contribution in [1.29, 1.82) is 0 Å². The number of allylic oxidation sites excluding steroid dienone is 3. The third-order valence-corrected chi connectivity index (χ3v) is 12.8. The van der Waals surface area contributed by atoms with Gasteiger partial charge in [-0.3, -0.25) is 0 Å². The standard InChI is InChI=1S/C53H34N2O/c1-3-9-33(10-4-1)35-16-21-40(22-17-35)54-47-30-37(34-11-5-2-6-12-34)18-23-41(47)42-24-19-38(31-48(42)54)36-20-25-45-44(29-36)43-13-8-27-53-28-26-39-32-56-49-15-7-14-46(50(49)51(39)53)55(45)52(43)53/h1-26,28-31H,27,32H2. The van der Waals surface area contributed by atoms with Crippen molar-refractivity contribution in [3.05, 3.63) is 198 Å². The molecule has 0 bridgehead atoms. The maximum atomic E-state index is 6.33. The number of benzene rings is 7. The van der Waals surface area contributed by atoms with E-state index < -0.39 is 0 Å². The average molecular weight is 715 g/mol. The van der Waals surface area contributed by atoms with E-state index in [4.69, 9.17) is 4.74 Å². The molecule has 0 fully saturated rings. The first-order valence-corrected chi connectivity index (χ1v) is 19.6. The molecule has 7 aromatic carbocycles. The summed E-state index contributed by atoms with van der Waals surface area (Å²) in [6.45, 7) is 0.636. The molecule has 4 aliphatic rings. The molecule has 0 N–H and O–H groups in total. The number of nitrogens with zero attached hydrogens (tertiary/aromatic N) is 2. The molecule has 9 aromatic rings. The van der Waals surface area contributed by atoms with E-state index in [1.807, 2.05) is 0 Å². The Bertz CT molecular complexity index is 3250. The summed E-state index contributed by atoms with van der Waals surface area (Å²) in [6, 6.07) is 58.0. The smallest absolute Gasteiger partial charge is 0.129 e. The average Bonchev–Trinajstić information content (AvgIpc) is 3.92. The summed E-state index contributed by atoms with van der Waals surface area (Å²) in [6.07, 6.45) is 10.5. The van der Waals surface area contributed by atoms with E-state index in [1.165, 1.54) is 99.7 Å². The maximum Gasteiger partial charge on any atom is 0.129 e. The summed E-state index contributed by atoms with van der Waals surface area (Å²) in [7, 11) is 0. The largest absolute Gasteiger partial charge is 0.488 e. The fourth-order valence-electron chi connectivity index (χ4n) is 10.3. The highest BCUT2D eigenvalue weighted by molar-refractivity contribution is 6.12. The molecular formula is C53H34N2O. The highest BCUT2D eigenvalue weighted by Gasteiger charge is 2.50. The topological polar surface area (TPSA) is 19.1 Å². The van der Waals surface area contributed by atoms with Gasteiger partial charge in [0.15, 0.2) is 0 Å². The van der Waals surface area contributed by atoms with Crippen molar-refractivity contribution in [2.45, 2.75) is 11.8 Å². The van der Waals surface area contributed by atoms with E-state index in [2.05, 4.69) is 191 Å². The fraction of sp³-hybridized carbons (Fsp3) is 0.0566. The Balaban J connectivity index is 1.02. The molecular weight excluding hydrogens is 681 g/mol. The Labute approximate surface area is 324 Å². The molecule has 0 radical (unpaired) electrons. The van der Waals surface area contributed by atoms with Gasteiger partial charge in [0.05, 0.1) is 27.7 Å². The number of hydrogen-bond donors (Lipinski definition) is 0. The highest BCUT2D eigenvalue weighted by Crippen LogP contribution is 2.61. The molecule has 1 unspecified atom stereocenters. The number of hydrogen-bond acceptors (Lipinski definition) is 1. The predicted molar refractivity (Wildman–Crippen MR) is 231 cm³/mol. The van der Waals surface area contributed by atoms with Gasteiger partial charge in [0, 0.05) is 38.7 Å². The molecule has 3 heteroatoms. The predicted octanol–water partition coefficient (Wildman–Crippen LogP) is 13.1. The minimum atomic E-state index is -0.167. The molecule has 0 saturated heterocycles. The molecule has 1 spiro atoms. The van der Waals surface area contributed by atoms with Crippen LogP contribution < -0.4 is 4.74 Å². The van der Waals surface area contributed by atoms with Crippen molar-refractivity contribution in [2.75, 3.05) is 6.61 Å². The van der Waals surface area contributed by atoms with Crippen LogP contribution in [0, 0.1) is 0 Å². The second kappa shape index (κ2) is 11.0. The zero-order valence-electron chi connectivity index (χ0n) is 30.5. The lowest BCUT2D eigenvalue weighted by Crippen LogP contribution is -2.34. The van der Waals surface area contributed by atoms with Crippen molar-refractivity contribution in [2.24, 2.45) is 0 Å². The molecule has 0 saturated carbocycles. The summed E-state index contributed by atoms with van der Waals surface area (Å²) in [5.74, 6) is 0.999. The van der Waals surface area contributed by atoms with Crippen LogP contribution in [0.25, 0.3) is 89.1 Å². The van der Waals surface area contributed by atoms with Gasteiger partial charge in [-0.2, -0.15) is 0 Å². The second-order valence-corrected chi connectivity index (χ2v) is 15.7. The van der Waals surface area contributed by atoms with Crippen LogP contribution in [-0.2, 0) is 5.41 Å². The van der Waals surface area contributed by atoms with Crippen LogP contribution in [-0.4, -0.2) is 15.7 Å². The molecule has 2 aliphatic carbocycles. The highest BCUT2D eigenvalue weighted by atomic mass is 16.5. The van der Waals surface area contributed by atoms with Crippen LogP contribution in [0.3, 0.4) is 0 Å². The van der Waals surface area contributed by atoms with Crippen LogP contribution in [0.1, 0.15) is 23.2 Å². The van der Waals surface area contributed by atoms with Crippen molar-refractivity contribution in [3.63, 3.8) is 0 Å². The molecule has 262 valence electrons. The lowest BCUT2D eigenvalue weighted by molar-refractivity contribution is 0.347. The van der Waals surface area contributed by atoms with Gasteiger partial charge < -0.3 is 13.9 Å². The summed E-state index contributed by atoms with van der Waals surface area (Å²) < 4.78 is 11.3. The minimum absolute atomic E-state index is 0.167. The lowest BCUT2D eigenvalue weighted by Gasteiger charge is -2.42. The Morgan fingerprint density at radius 1 is 0.500 bits per heavy atom. The molecule has 13 rings (SSSR count). The molecule has 0 amide bonds. The summed E-state index contributed by atoms with van der Waals surface area (Å²) in [5, 5.41) is 3.79. The Hall–Kier alpha value is -7.10. The van der Waals surface area contributed by atoms with Gasteiger partial charge in [0.2, 0.25) is 0 Å². The van der Waals surface area contributed by atoms with Crippen molar-refractivity contribution < 1.29 is 4.74 Å². The monoisotopic (exact) mass is 714 g/mol. The Morgan fingerprint density at radius 3 is 1.89 bits per heavy atom. The van der Waals surface area contributed by atoms with E-state index in [0.717, 1.165) is 17.9 Å². The van der Waals surface area contributed by atoms with Crippen molar-refractivity contribution in [1.82, 2.24) is 9.13 Å². The van der Waals surface area contributed by atoms with Crippen LogP contribution in [0.15, 0.2) is 182 Å². The number of fused-ring (bicyclic) bond motifs is 7. The lowest BCUT2D eigenvalue weighted by atomic mass is 9.67. The molecule has 1 atom stereocenters. The van der Waals surface area contributed by atoms with Gasteiger partial charge >= 0.3 is 0 Å². The van der Waals surface area contributed by atoms with E-state index in [0.29, 0.717) is 6.61 Å².